The molecule has 0 radical (unpaired) electrons. The highest BCUT2D eigenvalue weighted by molar-refractivity contribution is 7.17. The van der Waals surface area contributed by atoms with Gasteiger partial charge in [-0.25, -0.2) is 0 Å². The van der Waals surface area contributed by atoms with Gasteiger partial charge < -0.3 is 10.0 Å². The molecule has 0 unspecified atom stereocenters. The van der Waals surface area contributed by atoms with Gasteiger partial charge in [0.15, 0.2) is 0 Å². The van der Waals surface area contributed by atoms with E-state index in [1.165, 1.54) is 15.6 Å². The Hall–Kier alpha value is -1.62. The van der Waals surface area contributed by atoms with E-state index >= 15 is 0 Å². The van der Waals surface area contributed by atoms with E-state index in [2.05, 4.69) is 44.4 Å². The highest BCUT2D eigenvalue weighted by Gasteiger charge is 2.20. The third-order valence-electron chi connectivity index (χ3n) is 3.97. The summed E-state index contributed by atoms with van der Waals surface area (Å²) in [6.45, 7) is 6.60. The molecule has 1 heterocycles. The van der Waals surface area contributed by atoms with Crippen LogP contribution in [0.1, 0.15) is 26.3 Å². The molecule has 2 nitrogen and oxygen atoms in total. The molecule has 2 N–H and O–H groups in total. The fourth-order valence-corrected chi connectivity index (χ4v) is 3.61. The molecule has 4 heteroatoms. The Morgan fingerprint density at radius 2 is 1.68 bits per heavy atom. The highest BCUT2D eigenvalue weighted by atomic mass is 32.1. The van der Waals surface area contributed by atoms with Gasteiger partial charge in [-0.1, -0.05) is 51.1 Å². The lowest BCUT2D eigenvalue weighted by Crippen LogP contribution is -2.31. The Bertz CT molecular complexity index is 815. The fraction of sp³-hybridized carbons (Fsp3) is 0.222. The summed E-state index contributed by atoms with van der Waals surface area (Å²) in [5, 5.41) is 22.5. The Kier molecular flexibility index (Phi) is 3.85. The van der Waals surface area contributed by atoms with Crippen LogP contribution < -0.4 is 5.46 Å². The molecule has 2 aromatic carbocycles. The van der Waals surface area contributed by atoms with Crippen molar-refractivity contribution in [3.05, 3.63) is 53.4 Å². The molecule has 0 aliphatic rings. The standard InChI is InChI=1S/C18H19BO2S/c1-18(2,3)12-8-9-17-14(10-12)15(11-22-17)13-6-4-5-7-16(13)19(20)21/h4-11,20-21H,1-3H3. The first kappa shape index (κ1) is 15.3. The second kappa shape index (κ2) is 5.54. The maximum absolute atomic E-state index is 9.62. The summed E-state index contributed by atoms with van der Waals surface area (Å²) >= 11 is 1.69. The van der Waals surface area contributed by atoms with E-state index in [-0.39, 0.29) is 5.41 Å². The van der Waals surface area contributed by atoms with Gasteiger partial charge >= 0.3 is 7.12 Å². The summed E-state index contributed by atoms with van der Waals surface area (Å²) in [6, 6.07) is 14.0. The second-order valence-electron chi connectivity index (χ2n) is 6.57. The first-order valence-electron chi connectivity index (χ1n) is 7.35. The van der Waals surface area contributed by atoms with E-state index in [0.717, 1.165) is 11.1 Å². The van der Waals surface area contributed by atoms with Crippen LogP contribution in [-0.2, 0) is 5.41 Å². The Balaban J connectivity index is 2.24. The smallest absolute Gasteiger partial charge is 0.423 e. The van der Waals surface area contributed by atoms with Crippen LogP contribution in [-0.4, -0.2) is 17.2 Å². The molecule has 0 atom stereocenters. The van der Waals surface area contributed by atoms with Crippen molar-refractivity contribution in [2.45, 2.75) is 26.2 Å². The molecular weight excluding hydrogens is 291 g/mol. The zero-order valence-corrected chi connectivity index (χ0v) is 13.8. The van der Waals surface area contributed by atoms with Crippen molar-refractivity contribution in [3.63, 3.8) is 0 Å². The van der Waals surface area contributed by atoms with E-state index in [4.69, 9.17) is 0 Å². The molecular formula is C18H19BO2S. The van der Waals surface area contributed by atoms with Gasteiger partial charge in [0, 0.05) is 10.1 Å². The van der Waals surface area contributed by atoms with Gasteiger partial charge in [-0.3, -0.25) is 0 Å². The Morgan fingerprint density at radius 3 is 2.36 bits per heavy atom. The van der Waals surface area contributed by atoms with E-state index in [0.29, 0.717) is 5.46 Å². The normalized spacial score (nSPS) is 11.9. The molecule has 112 valence electrons. The van der Waals surface area contributed by atoms with E-state index in [9.17, 15) is 10.0 Å². The number of thiophene rings is 1. The number of fused-ring (bicyclic) bond motifs is 1. The molecule has 0 saturated carbocycles. The Morgan fingerprint density at radius 1 is 0.955 bits per heavy atom. The molecule has 0 spiro atoms. The average Bonchev–Trinajstić information content (AvgIpc) is 2.89. The zero-order chi connectivity index (χ0) is 15.9. The third kappa shape index (κ3) is 2.70. The minimum Gasteiger partial charge on any atom is -0.423 e. The van der Waals surface area contributed by atoms with Gasteiger partial charge in [0.2, 0.25) is 0 Å². The van der Waals surface area contributed by atoms with Crippen LogP contribution in [0.15, 0.2) is 47.8 Å². The quantitative estimate of drug-likeness (QED) is 0.711. The van der Waals surface area contributed by atoms with Crippen molar-refractivity contribution in [2.24, 2.45) is 0 Å². The zero-order valence-electron chi connectivity index (χ0n) is 13.0. The fourth-order valence-electron chi connectivity index (χ4n) is 2.67. The van der Waals surface area contributed by atoms with Gasteiger partial charge in [0.05, 0.1) is 0 Å². The summed E-state index contributed by atoms with van der Waals surface area (Å²) in [4.78, 5) is 0. The molecule has 0 fully saturated rings. The predicted octanol–water partition coefficient (Wildman–Crippen LogP) is 3.55. The van der Waals surface area contributed by atoms with Crippen molar-refractivity contribution < 1.29 is 10.0 Å². The summed E-state index contributed by atoms with van der Waals surface area (Å²) in [6.07, 6.45) is 0. The topological polar surface area (TPSA) is 40.5 Å². The second-order valence-corrected chi connectivity index (χ2v) is 7.48. The van der Waals surface area contributed by atoms with E-state index in [1.54, 1.807) is 17.4 Å². The van der Waals surface area contributed by atoms with Crippen LogP contribution >= 0.6 is 11.3 Å². The first-order valence-corrected chi connectivity index (χ1v) is 8.23. The molecule has 3 aromatic rings. The van der Waals surface area contributed by atoms with Crippen molar-refractivity contribution in [2.75, 3.05) is 0 Å². The molecule has 0 saturated heterocycles. The number of rotatable bonds is 2. The first-order chi connectivity index (χ1) is 10.4. The predicted molar refractivity (Wildman–Crippen MR) is 95.8 cm³/mol. The molecule has 1 aromatic heterocycles. The largest absolute Gasteiger partial charge is 0.489 e. The lowest BCUT2D eigenvalue weighted by atomic mass is 9.75. The lowest BCUT2D eigenvalue weighted by Gasteiger charge is -2.19. The number of hydrogen-bond donors (Lipinski definition) is 2. The molecule has 0 bridgehead atoms. The van der Waals surface area contributed by atoms with E-state index < -0.39 is 7.12 Å². The van der Waals surface area contributed by atoms with Crippen molar-refractivity contribution in [3.8, 4) is 11.1 Å². The average molecular weight is 310 g/mol. The molecule has 3 rings (SSSR count). The number of benzene rings is 2. The summed E-state index contributed by atoms with van der Waals surface area (Å²) in [5.41, 5.74) is 3.86. The van der Waals surface area contributed by atoms with Gasteiger partial charge in [-0.15, -0.1) is 11.3 Å². The maximum Gasteiger partial charge on any atom is 0.489 e. The van der Waals surface area contributed by atoms with Crippen LogP contribution in [0.3, 0.4) is 0 Å². The lowest BCUT2D eigenvalue weighted by molar-refractivity contribution is 0.426. The van der Waals surface area contributed by atoms with Crippen molar-refractivity contribution in [1.29, 1.82) is 0 Å². The third-order valence-corrected chi connectivity index (χ3v) is 4.93. The van der Waals surface area contributed by atoms with Crippen LogP contribution in [0.25, 0.3) is 21.2 Å². The van der Waals surface area contributed by atoms with Gasteiger partial charge in [0.1, 0.15) is 0 Å². The van der Waals surface area contributed by atoms with Crippen LogP contribution in [0.2, 0.25) is 0 Å². The van der Waals surface area contributed by atoms with Crippen molar-refractivity contribution in [1.82, 2.24) is 0 Å². The summed E-state index contributed by atoms with van der Waals surface area (Å²) < 4.78 is 1.21. The van der Waals surface area contributed by atoms with Crippen LogP contribution in [0, 0.1) is 0 Å². The highest BCUT2D eigenvalue weighted by Crippen LogP contribution is 2.36. The minimum atomic E-state index is -1.46. The van der Waals surface area contributed by atoms with Gasteiger partial charge in [-0.2, -0.15) is 0 Å². The van der Waals surface area contributed by atoms with Crippen LogP contribution in [0.5, 0.6) is 0 Å². The van der Waals surface area contributed by atoms with Gasteiger partial charge in [0.25, 0.3) is 0 Å². The molecule has 0 amide bonds. The molecule has 22 heavy (non-hydrogen) atoms. The maximum atomic E-state index is 9.62. The molecule has 0 aliphatic heterocycles. The van der Waals surface area contributed by atoms with Crippen LogP contribution in [0.4, 0.5) is 0 Å². The van der Waals surface area contributed by atoms with Crippen molar-refractivity contribution >= 4 is 34.0 Å². The number of hydrogen-bond acceptors (Lipinski definition) is 3. The summed E-state index contributed by atoms with van der Waals surface area (Å²) in [7, 11) is -1.46. The minimum absolute atomic E-state index is 0.0867. The van der Waals surface area contributed by atoms with Gasteiger partial charge in [-0.05, 0) is 45.1 Å². The monoisotopic (exact) mass is 310 g/mol. The van der Waals surface area contributed by atoms with E-state index in [1.807, 2.05) is 18.2 Å². The molecule has 0 aliphatic carbocycles. The SMILES string of the molecule is CC(C)(C)c1ccc2scc(-c3ccccc3B(O)O)c2c1. The summed E-state index contributed by atoms with van der Waals surface area (Å²) in [5.74, 6) is 0. The Labute approximate surface area is 135 Å².